The molecule has 0 unspecified atom stereocenters. The largest absolute Gasteiger partial charge is 0.508 e. The second-order valence-electron chi connectivity index (χ2n) is 4.19. The van der Waals surface area contributed by atoms with Crippen LogP contribution in [0.4, 0.5) is 5.69 Å². The molecule has 0 saturated heterocycles. The quantitative estimate of drug-likeness (QED) is 0.815. The van der Waals surface area contributed by atoms with Gasteiger partial charge in [-0.1, -0.05) is 24.8 Å². The van der Waals surface area contributed by atoms with Crippen LogP contribution in [0.2, 0.25) is 0 Å². The summed E-state index contributed by atoms with van der Waals surface area (Å²) in [7, 11) is 0. The number of aromatic hydroxyl groups is 2. The maximum Gasteiger partial charge on any atom is 0.128 e. The van der Waals surface area contributed by atoms with Crippen molar-refractivity contribution in [3.63, 3.8) is 0 Å². The molecule has 0 heterocycles. The Labute approximate surface area is 112 Å². The molecular weight excluding hydrogens is 238 g/mol. The third-order valence-electron chi connectivity index (χ3n) is 2.80. The lowest BCUT2D eigenvalue weighted by atomic mass is 10.1. The second-order valence-corrected chi connectivity index (χ2v) is 4.19. The smallest absolute Gasteiger partial charge is 0.128 e. The van der Waals surface area contributed by atoms with E-state index in [1.54, 1.807) is 12.1 Å². The Hall–Kier alpha value is -2.55. The van der Waals surface area contributed by atoms with Crippen LogP contribution in [-0.4, -0.2) is 15.9 Å². The summed E-state index contributed by atoms with van der Waals surface area (Å²) in [4.78, 5) is 4.44. The molecule has 0 radical (unpaired) electrons. The Bertz CT molecular complexity index is 628. The predicted molar refractivity (Wildman–Crippen MR) is 78.2 cm³/mol. The highest BCUT2D eigenvalue weighted by Gasteiger charge is 2.05. The van der Waals surface area contributed by atoms with Gasteiger partial charge in [0.15, 0.2) is 0 Å². The van der Waals surface area contributed by atoms with Crippen LogP contribution in [0.15, 0.2) is 54.0 Å². The highest BCUT2D eigenvalue weighted by Crippen LogP contribution is 2.24. The van der Waals surface area contributed by atoms with Gasteiger partial charge in [-0.25, -0.2) is 0 Å². The number of aliphatic imine (C=N–C) groups is 1. The molecule has 0 saturated carbocycles. The van der Waals surface area contributed by atoms with Gasteiger partial charge in [0.2, 0.25) is 0 Å². The molecule has 0 aromatic heterocycles. The monoisotopic (exact) mass is 253 g/mol. The summed E-state index contributed by atoms with van der Waals surface area (Å²) in [6.45, 7) is 5.51. The van der Waals surface area contributed by atoms with E-state index < -0.39 is 0 Å². The first-order valence-electron chi connectivity index (χ1n) is 5.90. The van der Waals surface area contributed by atoms with Crippen LogP contribution in [-0.2, 0) is 0 Å². The SMILES string of the molecule is C=Cc1ccc(/N=C(\C)c2ccc(O)cc2O)cc1. The second kappa shape index (κ2) is 5.40. The van der Waals surface area contributed by atoms with E-state index in [9.17, 15) is 10.2 Å². The summed E-state index contributed by atoms with van der Waals surface area (Å²) in [5.74, 6) is 0.0494. The van der Waals surface area contributed by atoms with Crippen molar-refractivity contribution in [2.45, 2.75) is 6.92 Å². The standard InChI is InChI=1S/C16H15NO2/c1-3-12-4-6-13(7-5-12)17-11(2)15-9-8-14(18)10-16(15)19/h3-10,18-19H,1H2,2H3/b17-11+. The minimum Gasteiger partial charge on any atom is -0.508 e. The highest BCUT2D eigenvalue weighted by molar-refractivity contribution is 6.02. The predicted octanol–water partition coefficient (Wildman–Crippen LogP) is 3.88. The first-order chi connectivity index (χ1) is 9.10. The molecule has 2 rings (SSSR count). The zero-order chi connectivity index (χ0) is 13.8. The molecule has 19 heavy (non-hydrogen) atoms. The first-order valence-corrected chi connectivity index (χ1v) is 5.90. The first kappa shape index (κ1) is 12.9. The number of rotatable bonds is 3. The lowest BCUT2D eigenvalue weighted by Crippen LogP contribution is -1.94. The summed E-state index contributed by atoms with van der Waals surface area (Å²) < 4.78 is 0. The van der Waals surface area contributed by atoms with Gasteiger partial charge in [-0.3, -0.25) is 4.99 Å². The van der Waals surface area contributed by atoms with Crippen LogP contribution < -0.4 is 0 Å². The van der Waals surface area contributed by atoms with E-state index in [0.29, 0.717) is 11.3 Å². The summed E-state index contributed by atoms with van der Waals surface area (Å²) in [6.07, 6.45) is 1.77. The Morgan fingerprint density at radius 2 is 1.79 bits per heavy atom. The lowest BCUT2D eigenvalue weighted by Gasteiger charge is -2.05. The average molecular weight is 253 g/mol. The molecule has 96 valence electrons. The lowest BCUT2D eigenvalue weighted by molar-refractivity contribution is 0.450. The van der Waals surface area contributed by atoms with Gasteiger partial charge in [0, 0.05) is 17.3 Å². The Morgan fingerprint density at radius 1 is 1.11 bits per heavy atom. The molecule has 2 N–H and O–H groups in total. The van der Waals surface area contributed by atoms with Crippen LogP contribution in [0.1, 0.15) is 18.1 Å². The number of phenolic OH excluding ortho intramolecular Hbond substituents is 2. The fraction of sp³-hybridized carbons (Fsp3) is 0.0625. The Balaban J connectivity index is 2.33. The van der Waals surface area contributed by atoms with Gasteiger partial charge >= 0.3 is 0 Å². The van der Waals surface area contributed by atoms with E-state index >= 15 is 0 Å². The van der Waals surface area contributed by atoms with Crippen molar-refractivity contribution in [2.75, 3.05) is 0 Å². The van der Waals surface area contributed by atoms with Crippen LogP contribution in [0.25, 0.3) is 6.08 Å². The molecule has 3 nitrogen and oxygen atoms in total. The minimum absolute atomic E-state index is 0.0176. The van der Waals surface area contributed by atoms with E-state index in [0.717, 1.165) is 11.3 Å². The molecule has 0 aliphatic carbocycles. The molecule has 0 aliphatic rings. The summed E-state index contributed by atoms with van der Waals surface area (Å²) in [6, 6.07) is 12.1. The van der Waals surface area contributed by atoms with Crippen LogP contribution in [0.5, 0.6) is 11.5 Å². The topological polar surface area (TPSA) is 52.8 Å². The van der Waals surface area contributed by atoms with Crippen molar-refractivity contribution < 1.29 is 10.2 Å². The molecule has 2 aromatic rings. The van der Waals surface area contributed by atoms with Gasteiger partial charge in [-0.2, -0.15) is 0 Å². The minimum atomic E-state index is 0.0176. The summed E-state index contributed by atoms with van der Waals surface area (Å²) in [5, 5.41) is 19.0. The van der Waals surface area contributed by atoms with Gasteiger partial charge in [0.25, 0.3) is 0 Å². The molecule has 0 aliphatic heterocycles. The van der Waals surface area contributed by atoms with Crippen LogP contribution >= 0.6 is 0 Å². The van der Waals surface area contributed by atoms with Gasteiger partial charge < -0.3 is 10.2 Å². The maximum absolute atomic E-state index is 9.77. The van der Waals surface area contributed by atoms with E-state index in [1.807, 2.05) is 31.2 Å². The zero-order valence-electron chi connectivity index (χ0n) is 10.7. The highest BCUT2D eigenvalue weighted by atomic mass is 16.3. The summed E-state index contributed by atoms with van der Waals surface area (Å²) in [5.41, 5.74) is 3.12. The van der Waals surface area contributed by atoms with E-state index in [-0.39, 0.29) is 11.5 Å². The van der Waals surface area contributed by atoms with Crippen molar-refractivity contribution in [1.29, 1.82) is 0 Å². The van der Waals surface area contributed by atoms with Crippen LogP contribution in [0.3, 0.4) is 0 Å². The number of hydrogen-bond acceptors (Lipinski definition) is 3. The van der Waals surface area contributed by atoms with Gasteiger partial charge in [0.05, 0.1) is 5.69 Å². The molecular formula is C16H15NO2. The Morgan fingerprint density at radius 3 is 2.37 bits per heavy atom. The number of benzene rings is 2. The number of phenols is 2. The fourth-order valence-electron chi connectivity index (χ4n) is 1.76. The molecule has 0 atom stereocenters. The zero-order valence-corrected chi connectivity index (χ0v) is 10.7. The molecule has 0 amide bonds. The van der Waals surface area contributed by atoms with E-state index in [2.05, 4.69) is 11.6 Å². The van der Waals surface area contributed by atoms with E-state index in [4.69, 9.17) is 0 Å². The molecule has 0 bridgehead atoms. The molecule has 0 fully saturated rings. The normalized spacial score (nSPS) is 11.3. The van der Waals surface area contributed by atoms with Gasteiger partial charge in [-0.15, -0.1) is 0 Å². The third kappa shape index (κ3) is 3.01. The number of hydrogen-bond donors (Lipinski definition) is 2. The van der Waals surface area contributed by atoms with Crippen molar-refractivity contribution >= 4 is 17.5 Å². The van der Waals surface area contributed by atoms with Crippen molar-refractivity contribution in [3.8, 4) is 11.5 Å². The number of nitrogens with zero attached hydrogens (tertiary/aromatic N) is 1. The molecule has 2 aromatic carbocycles. The Kier molecular flexibility index (Phi) is 3.66. The van der Waals surface area contributed by atoms with E-state index in [1.165, 1.54) is 12.1 Å². The molecule has 0 spiro atoms. The fourth-order valence-corrected chi connectivity index (χ4v) is 1.76. The molecule has 3 heteroatoms. The summed E-state index contributed by atoms with van der Waals surface area (Å²) >= 11 is 0. The van der Waals surface area contributed by atoms with Crippen molar-refractivity contribution in [2.24, 2.45) is 4.99 Å². The van der Waals surface area contributed by atoms with Gasteiger partial charge in [0.1, 0.15) is 11.5 Å². The average Bonchev–Trinajstić information content (AvgIpc) is 2.39. The van der Waals surface area contributed by atoms with Crippen molar-refractivity contribution in [1.82, 2.24) is 0 Å². The van der Waals surface area contributed by atoms with Gasteiger partial charge in [-0.05, 0) is 36.8 Å². The van der Waals surface area contributed by atoms with Crippen LogP contribution in [0, 0.1) is 0 Å². The third-order valence-corrected chi connectivity index (χ3v) is 2.80. The van der Waals surface area contributed by atoms with Crippen molar-refractivity contribution in [3.05, 3.63) is 60.2 Å². The maximum atomic E-state index is 9.77.